The number of carbonyl (C=O) groups is 4. The lowest BCUT2D eigenvalue weighted by atomic mass is 9.74. The maximum Gasteiger partial charge on any atom is 0.239 e. The molecule has 176 valence electrons. The average molecular weight is 445 g/mol. The molecule has 1 spiro atoms. The average Bonchev–Trinajstić information content (AvgIpc) is 2.74. The molecule has 4 amide bonds. The van der Waals surface area contributed by atoms with Gasteiger partial charge < -0.3 is 20.4 Å². The second-order valence-electron chi connectivity index (χ2n) is 10.0. The van der Waals surface area contributed by atoms with Crippen LogP contribution in [0.5, 0.6) is 0 Å². The number of likely N-dealkylation sites (tertiary alicyclic amines) is 2. The summed E-state index contributed by atoms with van der Waals surface area (Å²) in [5.74, 6) is 0.413. The van der Waals surface area contributed by atoms with Gasteiger partial charge >= 0.3 is 0 Å². The van der Waals surface area contributed by atoms with Crippen molar-refractivity contribution in [2.45, 2.75) is 64.3 Å². The van der Waals surface area contributed by atoms with E-state index in [9.17, 15) is 19.2 Å². The molecule has 0 unspecified atom stereocenters. The summed E-state index contributed by atoms with van der Waals surface area (Å²) in [6.45, 7) is 4.01. The zero-order valence-corrected chi connectivity index (χ0v) is 19.1. The number of carbonyl (C=O) groups excluding carboxylic acids is 4. The minimum Gasteiger partial charge on any atom is -0.351 e. The zero-order chi connectivity index (χ0) is 22.7. The van der Waals surface area contributed by atoms with E-state index in [1.165, 1.54) is 0 Å². The molecule has 0 aromatic heterocycles. The predicted molar refractivity (Wildman–Crippen MR) is 119 cm³/mol. The first-order valence-electron chi connectivity index (χ1n) is 12.1. The van der Waals surface area contributed by atoms with Crippen LogP contribution in [0.4, 0.5) is 0 Å². The molecule has 1 saturated carbocycles. The van der Waals surface area contributed by atoms with Crippen LogP contribution in [-0.2, 0) is 19.2 Å². The molecule has 4 rings (SSSR count). The van der Waals surface area contributed by atoms with E-state index in [1.54, 1.807) is 11.8 Å². The van der Waals surface area contributed by atoms with Gasteiger partial charge in [-0.25, -0.2) is 0 Å². The molecule has 32 heavy (non-hydrogen) atoms. The highest BCUT2D eigenvalue weighted by molar-refractivity contribution is 5.88. The number of hydrogen-bond donors (Lipinski definition) is 2. The number of rotatable bonds is 1. The van der Waals surface area contributed by atoms with Gasteiger partial charge in [0, 0.05) is 51.0 Å². The van der Waals surface area contributed by atoms with Gasteiger partial charge in [-0.3, -0.25) is 19.2 Å². The number of amides is 4. The van der Waals surface area contributed by atoms with Crippen LogP contribution in [0.25, 0.3) is 0 Å². The lowest BCUT2D eigenvalue weighted by Crippen LogP contribution is -2.56. The highest BCUT2D eigenvalue weighted by atomic mass is 16.2. The molecule has 2 saturated heterocycles. The maximum absolute atomic E-state index is 13.1. The van der Waals surface area contributed by atoms with Crippen LogP contribution in [0.1, 0.15) is 58.3 Å². The first-order valence-corrected chi connectivity index (χ1v) is 12.1. The van der Waals surface area contributed by atoms with Gasteiger partial charge in [0.2, 0.25) is 23.6 Å². The lowest BCUT2D eigenvalue weighted by Gasteiger charge is -2.42. The molecule has 0 aromatic carbocycles. The van der Waals surface area contributed by atoms with Gasteiger partial charge in [-0.1, -0.05) is 18.6 Å². The van der Waals surface area contributed by atoms with Crippen molar-refractivity contribution >= 4 is 23.6 Å². The lowest BCUT2D eigenvalue weighted by molar-refractivity contribution is -0.141. The van der Waals surface area contributed by atoms with Crippen molar-refractivity contribution in [1.82, 2.24) is 20.4 Å². The van der Waals surface area contributed by atoms with E-state index in [-0.39, 0.29) is 48.1 Å². The third-order valence-electron chi connectivity index (χ3n) is 8.02. The Balaban J connectivity index is 1.45. The standard InChI is InChI=1S/C24H36N4O4/c1-17(29)27-13-10-24(11-14-27)9-3-2-5-19-16-28(22(31)18-6-4-7-18)12-8-20(19)26-21(30)15-25-23(24)32/h2-3,18-20H,4-16H2,1H3,(H,25,32)(H,26,30)/b3-2+/t19-,20+/m0/s1. The summed E-state index contributed by atoms with van der Waals surface area (Å²) in [6, 6.07) is 0.0154. The van der Waals surface area contributed by atoms with Crippen molar-refractivity contribution in [3.63, 3.8) is 0 Å². The van der Waals surface area contributed by atoms with Gasteiger partial charge in [0.1, 0.15) is 0 Å². The Labute approximate surface area is 190 Å². The Hall–Kier alpha value is -2.38. The van der Waals surface area contributed by atoms with Crippen LogP contribution in [-0.4, -0.2) is 72.2 Å². The van der Waals surface area contributed by atoms with Gasteiger partial charge in [0.15, 0.2) is 0 Å². The molecule has 4 aliphatic rings. The number of hydrogen-bond acceptors (Lipinski definition) is 4. The van der Waals surface area contributed by atoms with E-state index in [1.807, 2.05) is 4.90 Å². The zero-order valence-electron chi connectivity index (χ0n) is 19.1. The van der Waals surface area contributed by atoms with Gasteiger partial charge in [0.25, 0.3) is 0 Å². The van der Waals surface area contributed by atoms with Crippen LogP contribution >= 0.6 is 0 Å². The molecule has 3 heterocycles. The number of nitrogens with one attached hydrogen (secondary N) is 2. The summed E-state index contributed by atoms with van der Waals surface area (Å²) in [6.07, 6.45) is 10.7. The Morgan fingerprint density at radius 2 is 1.78 bits per heavy atom. The second-order valence-corrected chi connectivity index (χ2v) is 10.0. The summed E-state index contributed by atoms with van der Waals surface area (Å²) >= 11 is 0. The van der Waals surface area contributed by atoms with Crippen LogP contribution < -0.4 is 10.6 Å². The monoisotopic (exact) mass is 444 g/mol. The van der Waals surface area contributed by atoms with Crippen LogP contribution in [0, 0.1) is 17.3 Å². The topological polar surface area (TPSA) is 98.8 Å². The molecule has 0 aromatic rings. The minimum absolute atomic E-state index is 0.0154. The maximum atomic E-state index is 13.1. The SMILES string of the molecule is CC(=O)N1CCC2(C/C=C/C[C@H]3CN(C(=O)C4CCC4)CC[C@H]3NC(=O)CNC2=O)CC1. The molecule has 3 aliphatic heterocycles. The van der Waals surface area contributed by atoms with Crippen molar-refractivity contribution in [2.24, 2.45) is 17.3 Å². The third kappa shape index (κ3) is 4.84. The van der Waals surface area contributed by atoms with Crippen molar-refractivity contribution in [3.8, 4) is 0 Å². The van der Waals surface area contributed by atoms with Crippen LogP contribution in [0.2, 0.25) is 0 Å². The molecule has 2 atom stereocenters. The van der Waals surface area contributed by atoms with Crippen LogP contribution in [0.15, 0.2) is 12.2 Å². The second kappa shape index (κ2) is 9.63. The third-order valence-corrected chi connectivity index (χ3v) is 8.02. The number of piperidine rings is 2. The number of allylic oxidation sites excluding steroid dienone is 2. The van der Waals surface area contributed by atoms with E-state index in [2.05, 4.69) is 22.8 Å². The van der Waals surface area contributed by atoms with E-state index in [0.717, 1.165) is 32.1 Å². The van der Waals surface area contributed by atoms with Gasteiger partial charge in [-0.2, -0.15) is 0 Å². The van der Waals surface area contributed by atoms with Crippen LogP contribution in [0.3, 0.4) is 0 Å². The van der Waals surface area contributed by atoms with Crippen molar-refractivity contribution in [3.05, 3.63) is 12.2 Å². The smallest absolute Gasteiger partial charge is 0.239 e. The molecule has 3 fully saturated rings. The highest BCUT2D eigenvalue weighted by Gasteiger charge is 2.41. The summed E-state index contributed by atoms with van der Waals surface area (Å²) < 4.78 is 0. The predicted octanol–water partition coefficient (Wildman–Crippen LogP) is 1.21. The van der Waals surface area contributed by atoms with Crippen molar-refractivity contribution < 1.29 is 19.2 Å². The van der Waals surface area contributed by atoms with Gasteiger partial charge in [-0.05, 0) is 44.9 Å². The summed E-state index contributed by atoms with van der Waals surface area (Å²) in [4.78, 5) is 53.9. The summed E-state index contributed by atoms with van der Waals surface area (Å²) in [5.41, 5.74) is -0.583. The first-order chi connectivity index (χ1) is 15.4. The fourth-order valence-electron chi connectivity index (χ4n) is 5.53. The fraction of sp³-hybridized carbons (Fsp3) is 0.750. The first kappa shape index (κ1) is 22.8. The number of fused-ring (bicyclic) bond motifs is 1. The Bertz CT molecular complexity index is 783. The summed E-state index contributed by atoms with van der Waals surface area (Å²) in [7, 11) is 0. The molecule has 1 aliphatic carbocycles. The van der Waals surface area contributed by atoms with E-state index >= 15 is 0 Å². The Morgan fingerprint density at radius 1 is 1.03 bits per heavy atom. The quantitative estimate of drug-likeness (QED) is 0.594. The minimum atomic E-state index is -0.583. The van der Waals surface area contributed by atoms with E-state index in [0.29, 0.717) is 45.4 Å². The fourth-order valence-corrected chi connectivity index (χ4v) is 5.53. The highest BCUT2D eigenvalue weighted by Crippen LogP contribution is 2.36. The van der Waals surface area contributed by atoms with Crippen molar-refractivity contribution in [2.75, 3.05) is 32.7 Å². The number of nitrogens with zero attached hydrogens (tertiary/aromatic N) is 2. The Morgan fingerprint density at radius 3 is 2.44 bits per heavy atom. The molecular formula is C24H36N4O4. The van der Waals surface area contributed by atoms with Gasteiger partial charge in [0.05, 0.1) is 12.0 Å². The van der Waals surface area contributed by atoms with E-state index in [4.69, 9.17) is 0 Å². The normalized spacial score (nSPS) is 30.2. The molecular weight excluding hydrogens is 408 g/mol. The summed E-state index contributed by atoms with van der Waals surface area (Å²) in [5, 5.41) is 5.96. The molecule has 0 radical (unpaired) electrons. The molecule has 8 nitrogen and oxygen atoms in total. The Kier molecular flexibility index (Phi) is 6.86. The van der Waals surface area contributed by atoms with E-state index < -0.39 is 5.41 Å². The largest absolute Gasteiger partial charge is 0.351 e. The van der Waals surface area contributed by atoms with Crippen molar-refractivity contribution in [1.29, 1.82) is 0 Å². The molecule has 0 bridgehead atoms. The molecule has 8 heteroatoms. The van der Waals surface area contributed by atoms with Gasteiger partial charge in [-0.15, -0.1) is 0 Å². The molecule has 2 N–H and O–H groups in total.